The Morgan fingerprint density at radius 1 is 1.25 bits per heavy atom. The van der Waals surface area contributed by atoms with Crippen LogP contribution in [-0.4, -0.2) is 41.9 Å². The maximum atomic E-state index is 12.8. The zero-order valence-electron chi connectivity index (χ0n) is 13.5. The van der Waals surface area contributed by atoms with Crippen molar-refractivity contribution in [3.63, 3.8) is 0 Å². The molecule has 0 radical (unpaired) electrons. The standard InChI is InChI=1S/C17H22N4O2.ClH/c22-16(19-12-14-23-15-5-2-1-3-6-15)17(7-10-18-11-8-17)21-13-4-9-20-21;/h1-6,9,13,18H,7-8,10-12,14H2,(H,19,22);1H. The number of carbonyl (C=O) groups excluding carboxylic acids is 1. The predicted octanol–water partition coefficient (Wildman–Crippen LogP) is 1.58. The summed E-state index contributed by atoms with van der Waals surface area (Å²) < 4.78 is 7.41. The van der Waals surface area contributed by atoms with Gasteiger partial charge in [0, 0.05) is 12.4 Å². The van der Waals surface area contributed by atoms with Crippen LogP contribution in [0.5, 0.6) is 5.75 Å². The van der Waals surface area contributed by atoms with Crippen LogP contribution in [0.3, 0.4) is 0 Å². The molecular weight excluding hydrogens is 328 g/mol. The number of hydrogen-bond donors (Lipinski definition) is 2. The number of nitrogens with one attached hydrogen (secondary N) is 2. The second-order valence-electron chi connectivity index (χ2n) is 5.65. The molecule has 1 aromatic carbocycles. The number of carbonyl (C=O) groups is 1. The summed E-state index contributed by atoms with van der Waals surface area (Å²) in [5.74, 6) is 0.824. The minimum atomic E-state index is -0.596. The number of aromatic nitrogens is 2. The van der Waals surface area contributed by atoms with Crippen molar-refractivity contribution in [2.75, 3.05) is 26.2 Å². The van der Waals surface area contributed by atoms with E-state index < -0.39 is 5.54 Å². The maximum Gasteiger partial charge on any atom is 0.248 e. The van der Waals surface area contributed by atoms with Gasteiger partial charge in [-0.3, -0.25) is 9.48 Å². The monoisotopic (exact) mass is 350 g/mol. The van der Waals surface area contributed by atoms with Crippen molar-refractivity contribution in [1.29, 1.82) is 0 Å². The molecule has 0 spiro atoms. The third-order valence-electron chi connectivity index (χ3n) is 4.20. The Morgan fingerprint density at radius 2 is 2.00 bits per heavy atom. The molecule has 0 bridgehead atoms. The van der Waals surface area contributed by atoms with E-state index >= 15 is 0 Å². The van der Waals surface area contributed by atoms with E-state index in [9.17, 15) is 4.79 Å². The molecule has 7 heteroatoms. The molecule has 1 aliphatic rings. The van der Waals surface area contributed by atoms with Gasteiger partial charge in [0.2, 0.25) is 5.91 Å². The minimum Gasteiger partial charge on any atom is -0.492 e. The van der Waals surface area contributed by atoms with Gasteiger partial charge in [-0.15, -0.1) is 12.4 Å². The number of para-hydroxylation sites is 1. The first kappa shape index (κ1) is 18.3. The molecule has 2 aromatic rings. The van der Waals surface area contributed by atoms with Crippen LogP contribution in [0.25, 0.3) is 0 Å². The molecule has 3 rings (SSSR count). The normalized spacial score (nSPS) is 16.0. The second-order valence-corrected chi connectivity index (χ2v) is 5.65. The average molecular weight is 351 g/mol. The first-order chi connectivity index (χ1) is 11.3. The van der Waals surface area contributed by atoms with E-state index in [1.165, 1.54) is 0 Å². The average Bonchev–Trinajstić information content (AvgIpc) is 3.15. The van der Waals surface area contributed by atoms with Gasteiger partial charge in [-0.25, -0.2) is 0 Å². The molecule has 130 valence electrons. The molecule has 1 fully saturated rings. The van der Waals surface area contributed by atoms with Crippen molar-refractivity contribution in [1.82, 2.24) is 20.4 Å². The molecule has 1 saturated heterocycles. The molecule has 6 nitrogen and oxygen atoms in total. The first-order valence-electron chi connectivity index (χ1n) is 7.98. The summed E-state index contributed by atoms with van der Waals surface area (Å²) in [6.07, 6.45) is 5.06. The number of benzene rings is 1. The molecule has 0 unspecified atom stereocenters. The Bertz CT molecular complexity index is 613. The largest absolute Gasteiger partial charge is 0.492 e. The summed E-state index contributed by atoms with van der Waals surface area (Å²) >= 11 is 0. The molecule has 1 aromatic heterocycles. The number of halogens is 1. The molecule has 0 atom stereocenters. The van der Waals surface area contributed by atoms with E-state index in [4.69, 9.17) is 4.74 Å². The van der Waals surface area contributed by atoms with E-state index in [1.807, 2.05) is 42.6 Å². The zero-order chi connectivity index (χ0) is 16.0. The molecule has 1 aliphatic heterocycles. The molecule has 1 amide bonds. The number of hydrogen-bond acceptors (Lipinski definition) is 4. The Morgan fingerprint density at radius 3 is 2.67 bits per heavy atom. The van der Waals surface area contributed by atoms with Gasteiger partial charge in [-0.2, -0.15) is 5.10 Å². The number of rotatable bonds is 6. The summed E-state index contributed by atoms with van der Waals surface area (Å²) in [5.41, 5.74) is -0.596. The SMILES string of the molecule is Cl.O=C(NCCOc1ccccc1)C1(n2cccn2)CCNCC1. The summed E-state index contributed by atoms with van der Waals surface area (Å²) in [4.78, 5) is 12.8. The Balaban J connectivity index is 0.00000208. The van der Waals surface area contributed by atoms with Crippen LogP contribution in [0, 0.1) is 0 Å². The van der Waals surface area contributed by atoms with Gasteiger partial charge in [-0.05, 0) is 44.1 Å². The van der Waals surface area contributed by atoms with Crippen LogP contribution in [-0.2, 0) is 10.3 Å². The van der Waals surface area contributed by atoms with Gasteiger partial charge in [0.15, 0.2) is 0 Å². The van der Waals surface area contributed by atoms with Gasteiger partial charge in [0.05, 0.1) is 6.54 Å². The van der Waals surface area contributed by atoms with Crippen LogP contribution >= 0.6 is 12.4 Å². The highest BCUT2D eigenvalue weighted by molar-refractivity contribution is 5.85. The van der Waals surface area contributed by atoms with E-state index in [2.05, 4.69) is 15.7 Å². The first-order valence-corrected chi connectivity index (χ1v) is 7.98. The smallest absolute Gasteiger partial charge is 0.248 e. The highest BCUT2D eigenvalue weighted by Gasteiger charge is 2.41. The Kier molecular flexibility index (Phi) is 6.63. The van der Waals surface area contributed by atoms with Crippen LogP contribution in [0.15, 0.2) is 48.8 Å². The van der Waals surface area contributed by atoms with Gasteiger partial charge < -0.3 is 15.4 Å². The number of nitrogens with zero attached hydrogens (tertiary/aromatic N) is 2. The minimum absolute atomic E-state index is 0. The number of ether oxygens (including phenoxy) is 1. The van der Waals surface area contributed by atoms with Crippen LogP contribution in [0.2, 0.25) is 0 Å². The summed E-state index contributed by atoms with van der Waals surface area (Å²) in [5, 5.41) is 10.6. The van der Waals surface area contributed by atoms with E-state index in [-0.39, 0.29) is 18.3 Å². The van der Waals surface area contributed by atoms with Gasteiger partial charge in [0.1, 0.15) is 17.9 Å². The fourth-order valence-corrected chi connectivity index (χ4v) is 2.94. The highest BCUT2D eigenvalue weighted by atomic mass is 35.5. The number of piperidine rings is 1. The third kappa shape index (κ3) is 4.07. The van der Waals surface area contributed by atoms with Crippen molar-refractivity contribution >= 4 is 18.3 Å². The molecule has 2 N–H and O–H groups in total. The molecular formula is C17H23ClN4O2. The van der Waals surface area contributed by atoms with Gasteiger partial charge in [0.25, 0.3) is 0 Å². The van der Waals surface area contributed by atoms with Crippen LogP contribution in [0.1, 0.15) is 12.8 Å². The fourth-order valence-electron chi connectivity index (χ4n) is 2.94. The maximum absolute atomic E-state index is 12.8. The predicted molar refractivity (Wildman–Crippen MR) is 94.5 cm³/mol. The van der Waals surface area contributed by atoms with Gasteiger partial charge >= 0.3 is 0 Å². The topological polar surface area (TPSA) is 68.2 Å². The lowest BCUT2D eigenvalue weighted by molar-refractivity contribution is -0.132. The highest BCUT2D eigenvalue weighted by Crippen LogP contribution is 2.27. The molecule has 0 aliphatic carbocycles. The van der Waals surface area contributed by atoms with Crippen LogP contribution in [0.4, 0.5) is 0 Å². The van der Waals surface area contributed by atoms with Crippen LogP contribution < -0.4 is 15.4 Å². The quantitative estimate of drug-likeness (QED) is 0.776. The molecule has 0 saturated carbocycles. The third-order valence-corrected chi connectivity index (χ3v) is 4.20. The lowest BCUT2D eigenvalue weighted by Crippen LogP contribution is -2.55. The lowest BCUT2D eigenvalue weighted by Gasteiger charge is -2.36. The summed E-state index contributed by atoms with van der Waals surface area (Å²) in [6, 6.07) is 11.5. The summed E-state index contributed by atoms with van der Waals surface area (Å²) in [7, 11) is 0. The summed E-state index contributed by atoms with van der Waals surface area (Å²) in [6.45, 7) is 2.55. The van der Waals surface area contributed by atoms with Crippen molar-refractivity contribution in [3.05, 3.63) is 48.8 Å². The van der Waals surface area contributed by atoms with Crippen molar-refractivity contribution in [2.24, 2.45) is 0 Å². The van der Waals surface area contributed by atoms with Crippen molar-refractivity contribution in [2.45, 2.75) is 18.4 Å². The van der Waals surface area contributed by atoms with E-state index in [0.717, 1.165) is 31.7 Å². The zero-order valence-corrected chi connectivity index (χ0v) is 14.3. The van der Waals surface area contributed by atoms with Crippen molar-refractivity contribution in [3.8, 4) is 5.75 Å². The fraction of sp³-hybridized carbons (Fsp3) is 0.412. The van der Waals surface area contributed by atoms with Gasteiger partial charge in [-0.1, -0.05) is 18.2 Å². The van der Waals surface area contributed by atoms with E-state index in [0.29, 0.717) is 13.2 Å². The lowest BCUT2D eigenvalue weighted by atomic mass is 9.87. The van der Waals surface area contributed by atoms with E-state index in [1.54, 1.807) is 10.9 Å². The molecule has 24 heavy (non-hydrogen) atoms. The number of amides is 1. The Labute approximate surface area is 148 Å². The van der Waals surface area contributed by atoms with Crippen molar-refractivity contribution < 1.29 is 9.53 Å². The second kappa shape index (κ2) is 8.70. The molecule has 2 heterocycles. The Hall–Kier alpha value is -2.05.